The number of carbonyl (C=O) groups excluding carboxylic acids is 2. The lowest BCUT2D eigenvalue weighted by molar-refractivity contribution is 0.0193. The van der Waals surface area contributed by atoms with Crippen molar-refractivity contribution in [3.05, 3.63) is 84.3 Å². The number of piperidine rings is 1. The highest BCUT2D eigenvalue weighted by atomic mass is 16.5. The number of carbonyl (C=O) groups is 2. The van der Waals surface area contributed by atoms with Gasteiger partial charge in [-0.25, -0.2) is 4.98 Å². The maximum absolute atomic E-state index is 14.0. The van der Waals surface area contributed by atoms with Crippen molar-refractivity contribution in [2.24, 2.45) is 0 Å². The third-order valence-electron chi connectivity index (χ3n) is 8.08. The molecule has 1 saturated heterocycles. The number of ketones is 1. The number of benzene rings is 3. The number of hydrogen-bond acceptors (Lipinski definition) is 9. The summed E-state index contributed by atoms with van der Waals surface area (Å²) in [5.41, 5.74) is 3.10. The summed E-state index contributed by atoms with van der Waals surface area (Å²) in [7, 11) is 3.17. The highest BCUT2D eigenvalue weighted by molar-refractivity contribution is 6.08. The first kappa shape index (κ1) is 26.6. The molecule has 7 rings (SSSR count). The van der Waals surface area contributed by atoms with Gasteiger partial charge in [0.05, 0.1) is 43.0 Å². The molecule has 1 spiro atoms. The van der Waals surface area contributed by atoms with Crippen LogP contribution in [0.15, 0.2) is 66.7 Å². The molecule has 0 bridgehead atoms. The smallest absolute Gasteiger partial charge is 0.254 e. The number of hydrogen-bond donors (Lipinski definition) is 1. The molecule has 4 heterocycles. The molecule has 0 saturated carbocycles. The molecule has 1 radical (unpaired) electrons. The normalized spacial score (nSPS) is 15.7. The van der Waals surface area contributed by atoms with E-state index in [0.29, 0.717) is 71.4 Å². The van der Waals surface area contributed by atoms with Gasteiger partial charge in [0, 0.05) is 42.4 Å². The Morgan fingerprint density at radius 1 is 0.953 bits per heavy atom. The number of Topliss-reactive ketones (excluding diaryl/α,β-unsaturated/α-hetero) is 1. The lowest BCUT2D eigenvalue weighted by Crippen LogP contribution is -2.52. The molecule has 0 unspecified atom stereocenters. The molecule has 2 aliphatic rings. The average molecular weight is 576 g/mol. The van der Waals surface area contributed by atoms with Gasteiger partial charge in [-0.2, -0.15) is 5.21 Å². The maximum atomic E-state index is 14.0. The second-order valence-electron chi connectivity index (χ2n) is 10.6. The van der Waals surface area contributed by atoms with Crippen LogP contribution in [-0.2, 0) is 0 Å². The second-order valence-corrected chi connectivity index (χ2v) is 10.6. The molecule has 3 aromatic carbocycles. The van der Waals surface area contributed by atoms with E-state index in [1.165, 1.54) is 0 Å². The Kier molecular flexibility index (Phi) is 6.49. The Morgan fingerprint density at radius 2 is 1.74 bits per heavy atom. The summed E-state index contributed by atoms with van der Waals surface area (Å²) in [5, 5.41) is 14.8. The third-order valence-corrected chi connectivity index (χ3v) is 8.08. The Hall–Kier alpha value is -5.32. The van der Waals surface area contributed by atoms with Crippen molar-refractivity contribution in [3.8, 4) is 39.9 Å². The number of pyridine rings is 1. The number of para-hydroxylation sites is 1. The Bertz CT molecular complexity index is 1860. The summed E-state index contributed by atoms with van der Waals surface area (Å²) in [4.78, 5) is 33.9. The number of amides is 1. The minimum atomic E-state index is -0.778. The van der Waals surface area contributed by atoms with Crippen LogP contribution in [0.4, 0.5) is 0 Å². The highest BCUT2D eigenvalue weighted by Gasteiger charge is 2.44. The summed E-state index contributed by atoms with van der Waals surface area (Å²) >= 11 is 0. The number of methoxy groups -OCH3 is 2. The van der Waals surface area contributed by atoms with Gasteiger partial charge in [0.15, 0.2) is 17.3 Å². The van der Waals surface area contributed by atoms with E-state index in [0.717, 1.165) is 16.5 Å². The van der Waals surface area contributed by atoms with Crippen molar-refractivity contribution in [2.75, 3.05) is 27.3 Å². The van der Waals surface area contributed by atoms with Crippen LogP contribution in [0.5, 0.6) is 17.2 Å². The molecule has 5 aromatic rings. The summed E-state index contributed by atoms with van der Waals surface area (Å²) in [6.07, 6.45) is 2.62. The first-order valence-corrected chi connectivity index (χ1v) is 13.9. The topological polar surface area (TPSA) is 132 Å². The van der Waals surface area contributed by atoms with Crippen LogP contribution < -0.4 is 14.2 Å². The number of aromatic amines is 1. The van der Waals surface area contributed by atoms with E-state index >= 15 is 0 Å². The molecule has 2 aromatic heterocycles. The fraction of sp³-hybridized carbons (Fsp3) is 0.219. The lowest BCUT2D eigenvalue weighted by atomic mass is 9.82. The van der Waals surface area contributed by atoms with Gasteiger partial charge in [0.25, 0.3) is 5.91 Å². The number of tetrazole rings is 1. The number of fused-ring (bicyclic) bond motifs is 2. The van der Waals surface area contributed by atoms with Gasteiger partial charge in [-0.3, -0.25) is 9.59 Å². The molecule has 43 heavy (non-hydrogen) atoms. The van der Waals surface area contributed by atoms with Crippen molar-refractivity contribution < 1.29 is 23.8 Å². The van der Waals surface area contributed by atoms with Gasteiger partial charge in [-0.05, 0) is 53.7 Å². The van der Waals surface area contributed by atoms with Crippen LogP contribution in [0, 0.1) is 6.42 Å². The van der Waals surface area contributed by atoms with E-state index < -0.39 is 5.60 Å². The Balaban J connectivity index is 1.14. The number of aromatic nitrogens is 5. The van der Waals surface area contributed by atoms with Gasteiger partial charge >= 0.3 is 0 Å². The number of rotatable bonds is 5. The van der Waals surface area contributed by atoms with Gasteiger partial charge in [0.2, 0.25) is 5.82 Å². The molecule has 2 aliphatic heterocycles. The molecular formula is C32H27N6O5. The lowest BCUT2D eigenvalue weighted by Gasteiger charge is -2.43. The molecular weight excluding hydrogens is 548 g/mol. The van der Waals surface area contributed by atoms with Crippen LogP contribution in [-0.4, -0.2) is 75.1 Å². The zero-order chi connectivity index (χ0) is 29.6. The molecule has 1 fully saturated rings. The second kappa shape index (κ2) is 10.5. The van der Waals surface area contributed by atoms with Gasteiger partial charge in [0.1, 0.15) is 11.4 Å². The number of likely N-dealkylation sites (tertiary alicyclic amines) is 1. The fourth-order valence-electron chi connectivity index (χ4n) is 5.80. The zero-order valence-electron chi connectivity index (χ0n) is 23.5. The van der Waals surface area contributed by atoms with Crippen molar-refractivity contribution in [1.82, 2.24) is 30.5 Å². The van der Waals surface area contributed by atoms with Crippen LogP contribution in [0.2, 0.25) is 0 Å². The predicted molar refractivity (Wildman–Crippen MR) is 157 cm³/mol. The number of nitrogens with one attached hydrogen (secondary N) is 1. The predicted octanol–water partition coefficient (Wildman–Crippen LogP) is 4.55. The van der Waals surface area contributed by atoms with Crippen LogP contribution in [0.1, 0.15) is 33.6 Å². The summed E-state index contributed by atoms with van der Waals surface area (Å²) < 4.78 is 17.3. The Morgan fingerprint density at radius 3 is 2.51 bits per heavy atom. The molecule has 1 amide bonds. The zero-order valence-corrected chi connectivity index (χ0v) is 23.5. The van der Waals surface area contributed by atoms with Crippen LogP contribution in [0.3, 0.4) is 0 Å². The maximum Gasteiger partial charge on any atom is 0.254 e. The van der Waals surface area contributed by atoms with E-state index in [-0.39, 0.29) is 11.7 Å². The van der Waals surface area contributed by atoms with E-state index in [1.807, 2.05) is 53.4 Å². The van der Waals surface area contributed by atoms with Gasteiger partial charge < -0.3 is 19.1 Å². The number of nitrogens with zero attached hydrogens (tertiary/aromatic N) is 5. The number of ether oxygens (including phenoxy) is 3. The molecule has 0 aliphatic carbocycles. The van der Waals surface area contributed by atoms with Gasteiger partial charge in [-0.1, -0.05) is 18.2 Å². The minimum Gasteiger partial charge on any atom is -0.493 e. The molecule has 11 nitrogen and oxygen atoms in total. The van der Waals surface area contributed by atoms with Crippen LogP contribution in [0.25, 0.3) is 33.5 Å². The Labute approximate surface area is 246 Å². The van der Waals surface area contributed by atoms with E-state index in [4.69, 9.17) is 19.2 Å². The molecule has 0 atom stereocenters. The monoisotopic (exact) mass is 575 g/mol. The van der Waals surface area contributed by atoms with Crippen molar-refractivity contribution in [1.29, 1.82) is 0 Å². The van der Waals surface area contributed by atoms with Crippen molar-refractivity contribution in [2.45, 2.75) is 18.4 Å². The highest BCUT2D eigenvalue weighted by Crippen LogP contribution is 2.40. The summed E-state index contributed by atoms with van der Waals surface area (Å²) in [6.45, 7) is 0.864. The SMILES string of the molecule is COc1ccc(-c2cc(C(=O)N3CCC4([CH]C(=O)c5cc(-c6nn[nH]n6)ccc5O4)CC3)c3ccccc3n2)cc1OC. The number of H-pyrrole nitrogens is 1. The average Bonchev–Trinajstić information content (AvgIpc) is 3.59. The molecule has 11 heteroatoms. The van der Waals surface area contributed by atoms with E-state index in [9.17, 15) is 9.59 Å². The first-order chi connectivity index (χ1) is 21.0. The van der Waals surface area contributed by atoms with Gasteiger partial charge in [-0.15, -0.1) is 10.2 Å². The summed E-state index contributed by atoms with van der Waals surface area (Å²) in [5.74, 6) is 1.89. The van der Waals surface area contributed by atoms with Crippen molar-refractivity contribution >= 4 is 22.6 Å². The molecule has 215 valence electrons. The standard InChI is InChI=1S/C32H27N6O5/c1-41-28-10-7-19(16-29(28)42-2)25-17-22(21-5-3-4-6-24(21)33-25)31(40)38-13-11-32(12-14-38)18-26(39)23-15-20(8-9-27(23)43-32)30-34-36-37-35-30/h3-10,15-18H,11-14H2,1-2H3,(H,34,35,36,37). The first-order valence-electron chi connectivity index (χ1n) is 13.9. The van der Waals surface area contributed by atoms with E-state index in [1.54, 1.807) is 38.8 Å². The molecule has 1 N–H and O–H groups in total. The third kappa shape index (κ3) is 4.72. The van der Waals surface area contributed by atoms with Crippen molar-refractivity contribution in [3.63, 3.8) is 0 Å². The largest absolute Gasteiger partial charge is 0.493 e. The minimum absolute atomic E-state index is 0.0949. The fourth-order valence-corrected chi connectivity index (χ4v) is 5.80. The summed E-state index contributed by atoms with van der Waals surface area (Å²) in [6, 6.07) is 20.3. The van der Waals surface area contributed by atoms with E-state index in [2.05, 4.69) is 20.6 Å². The quantitative estimate of drug-likeness (QED) is 0.320. The van der Waals surface area contributed by atoms with Crippen LogP contribution >= 0.6 is 0 Å².